The van der Waals surface area contributed by atoms with E-state index in [1.807, 2.05) is 0 Å². The Morgan fingerprint density at radius 1 is 0.255 bits per heavy atom. The van der Waals surface area contributed by atoms with E-state index in [0.717, 1.165) is 17.1 Å². The van der Waals surface area contributed by atoms with Crippen molar-refractivity contribution >= 4 is 38.6 Å². The zero-order valence-electron chi connectivity index (χ0n) is 28.2. The van der Waals surface area contributed by atoms with Gasteiger partial charge in [0.15, 0.2) is 0 Å². The van der Waals surface area contributed by atoms with Crippen LogP contribution in [0.15, 0.2) is 212 Å². The lowest BCUT2D eigenvalue weighted by Crippen LogP contribution is -2.11. The van der Waals surface area contributed by atoms with E-state index >= 15 is 0 Å². The van der Waals surface area contributed by atoms with Gasteiger partial charge < -0.3 is 4.90 Å². The monoisotopic (exact) mass is 649 g/mol. The van der Waals surface area contributed by atoms with Crippen molar-refractivity contribution in [2.75, 3.05) is 4.90 Å². The van der Waals surface area contributed by atoms with Gasteiger partial charge in [0.05, 0.1) is 11.4 Å². The molecule has 0 aliphatic heterocycles. The molecule has 51 heavy (non-hydrogen) atoms. The fraction of sp³-hybridized carbons (Fsp3) is 0. The average molecular weight is 650 g/mol. The molecule has 0 unspecified atom stereocenters. The van der Waals surface area contributed by atoms with Gasteiger partial charge in [0, 0.05) is 16.6 Å². The van der Waals surface area contributed by atoms with E-state index in [4.69, 9.17) is 0 Å². The average Bonchev–Trinajstić information content (AvgIpc) is 3.22. The molecule has 0 bridgehead atoms. The van der Waals surface area contributed by atoms with Crippen LogP contribution in [-0.2, 0) is 0 Å². The van der Waals surface area contributed by atoms with Gasteiger partial charge in [-0.05, 0) is 85.4 Å². The van der Waals surface area contributed by atoms with Crippen molar-refractivity contribution < 1.29 is 0 Å². The number of benzene rings is 9. The summed E-state index contributed by atoms with van der Waals surface area (Å²) in [5.74, 6) is 0. The smallest absolute Gasteiger partial charge is 0.0540 e. The largest absolute Gasteiger partial charge is 0.309 e. The van der Waals surface area contributed by atoms with Crippen molar-refractivity contribution in [3.8, 4) is 44.5 Å². The molecule has 0 N–H and O–H groups in total. The molecule has 0 saturated heterocycles. The first-order valence-electron chi connectivity index (χ1n) is 17.5. The first-order chi connectivity index (χ1) is 25.3. The van der Waals surface area contributed by atoms with E-state index in [9.17, 15) is 0 Å². The highest BCUT2D eigenvalue weighted by Crippen LogP contribution is 2.44. The van der Waals surface area contributed by atoms with Crippen LogP contribution < -0.4 is 4.90 Å². The number of hydrogen-bond donors (Lipinski definition) is 0. The summed E-state index contributed by atoms with van der Waals surface area (Å²) in [7, 11) is 0. The summed E-state index contributed by atoms with van der Waals surface area (Å²) in [6, 6.07) is 76.6. The Morgan fingerprint density at radius 2 is 0.686 bits per heavy atom. The second-order valence-electron chi connectivity index (χ2n) is 12.9. The summed E-state index contributed by atoms with van der Waals surface area (Å²) >= 11 is 0. The summed E-state index contributed by atoms with van der Waals surface area (Å²) in [5, 5.41) is 4.93. The second-order valence-corrected chi connectivity index (χ2v) is 12.9. The Balaban J connectivity index is 1.16. The van der Waals surface area contributed by atoms with E-state index < -0.39 is 0 Å². The minimum atomic E-state index is 1.11. The standard InChI is InChI=1S/C50H35N/c1-2-13-36(14-3-1)37-27-29-38(30-28-37)39-31-33-44(34-32-39)51(50-26-12-18-41-16-5-7-22-47(41)50)49-25-9-8-23-48(49)43-20-10-19-42(35-43)46-24-11-17-40-15-4-6-21-45(40)46/h1-35H. The predicted octanol–water partition coefficient (Wildman–Crippen LogP) is 14.1. The number of anilines is 3. The van der Waals surface area contributed by atoms with Gasteiger partial charge >= 0.3 is 0 Å². The van der Waals surface area contributed by atoms with Crippen molar-refractivity contribution in [2.45, 2.75) is 0 Å². The minimum Gasteiger partial charge on any atom is -0.309 e. The van der Waals surface area contributed by atoms with Gasteiger partial charge in [0.2, 0.25) is 0 Å². The Hall–Kier alpha value is -6.70. The molecule has 240 valence electrons. The van der Waals surface area contributed by atoms with Crippen LogP contribution in [0.1, 0.15) is 0 Å². The van der Waals surface area contributed by atoms with E-state index in [0.29, 0.717) is 0 Å². The molecule has 9 aromatic rings. The molecule has 0 atom stereocenters. The van der Waals surface area contributed by atoms with Gasteiger partial charge in [-0.15, -0.1) is 0 Å². The van der Waals surface area contributed by atoms with Crippen LogP contribution >= 0.6 is 0 Å². The van der Waals surface area contributed by atoms with Gasteiger partial charge in [0.1, 0.15) is 0 Å². The highest BCUT2D eigenvalue weighted by Gasteiger charge is 2.19. The Bertz CT molecular complexity index is 2610. The van der Waals surface area contributed by atoms with Gasteiger partial charge in [-0.25, -0.2) is 0 Å². The third kappa shape index (κ3) is 5.86. The SMILES string of the molecule is c1ccc(-c2ccc(-c3ccc(N(c4ccccc4-c4cccc(-c5cccc6ccccc56)c4)c4cccc5ccccc45)cc3)cc2)cc1. The van der Waals surface area contributed by atoms with Gasteiger partial charge in [0.25, 0.3) is 0 Å². The molecule has 0 aromatic heterocycles. The molecule has 0 heterocycles. The number of nitrogens with zero attached hydrogens (tertiary/aromatic N) is 1. The van der Waals surface area contributed by atoms with Gasteiger partial charge in [-0.2, -0.15) is 0 Å². The number of fused-ring (bicyclic) bond motifs is 2. The van der Waals surface area contributed by atoms with Crippen molar-refractivity contribution in [3.63, 3.8) is 0 Å². The number of hydrogen-bond acceptors (Lipinski definition) is 1. The van der Waals surface area contributed by atoms with Crippen LogP contribution in [0, 0.1) is 0 Å². The van der Waals surface area contributed by atoms with Crippen LogP contribution in [0.25, 0.3) is 66.1 Å². The molecule has 9 aromatic carbocycles. The van der Waals surface area contributed by atoms with Crippen LogP contribution in [0.4, 0.5) is 17.1 Å². The summed E-state index contributed by atoms with van der Waals surface area (Å²) < 4.78 is 0. The summed E-state index contributed by atoms with van der Waals surface area (Å²) in [6.07, 6.45) is 0. The molecule has 0 fully saturated rings. The fourth-order valence-corrected chi connectivity index (χ4v) is 7.34. The Kier molecular flexibility index (Phi) is 7.92. The third-order valence-electron chi connectivity index (χ3n) is 9.88. The second kappa shape index (κ2) is 13.3. The lowest BCUT2D eigenvalue weighted by Gasteiger charge is -2.29. The molecule has 0 aliphatic carbocycles. The first-order valence-corrected chi connectivity index (χ1v) is 17.5. The molecule has 0 aliphatic rings. The van der Waals surface area contributed by atoms with Crippen LogP contribution in [0.3, 0.4) is 0 Å². The topological polar surface area (TPSA) is 3.24 Å². The van der Waals surface area contributed by atoms with Crippen LogP contribution in [0.2, 0.25) is 0 Å². The molecule has 1 heteroatoms. The lowest BCUT2D eigenvalue weighted by molar-refractivity contribution is 1.30. The molecule has 0 saturated carbocycles. The predicted molar refractivity (Wildman–Crippen MR) is 218 cm³/mol. The van der Waals surface area contributed by atoms with Crippen molar-refractivity contribution in [3.05, 3.63) is 212 Å². The summed E-state index contributed by atoms with van der Waals surface area (Å²) in [4.78, 5) is 2.42. The molecule has 0 radical (unpaired) electrons. The third-order valence-corrected chi connectivity index (χ3v) is 9.88. The lowest BCUT2D eigenvalue weighted by atomic mass is 9.94. The highest BCUT2D eigenvalue weighted by atomic mass is 15.1. The van der Waals surface area contributed by atoms with Gasteiger partial charge in [-0.1, -0.05) is 182 Å². The van der Waals surface area contributed by atoms with Crippen LogP contribution in [0.5, 0.6) is 0 Å². The Labute approximate surface area is 299 Å². The first kappa shape index (κ1) is 30.4. The highest BCUT2D eigenvalue weighted by molar-refractivity contribution is 6.02. The summed E-state index contributed by atoms with van der Waals surface area (Å²) in [5.41, 5.74) is 13.0. The molecular weight excluding hydrogens is 615 g/mol. The maximum atomic E-state index is 2.42. The van der Waals surface area contributed by atoms with E-state index in [1.54, 1.807) is 0 Å². The van der Waals surface area contributed by atoms with Crippen molar-refractivity contribution in [1.82, 2.24) is 0 Å². The molecular formula is C50H35N. The van der Waals surface area contributed by atoms with Gasteiger partial charge in [-0.3, -0.25) is 0 Å². The van der Waals surface area contributed by atoms with E-state index in [-0.39, 0.29) is 0 Å². The molecule has 0 spiro atoms. The maximum Gasteiger partial charge on any atom is 0.0540 e. The van der Waals surface area contributed by atoms with Crippen molar-refractivity contribution in [1.29, 1.82) is 0 Å². The molecule has 9 rings (SSSR count). The normalized spacial score (nSPS) is 11.1. The molecule has 0 amide bonds. The number of para-hydroxylation sites is 1. The zero-order valence-corrected chi connectivity index (χ0v) is 28.2. The summed E-state index contributed by atoms with van der Waals surface area (Å²) in [6.45, 7) is 0. The minimum absolute atomic E-state index is 1.11. The van der Waals surface area contributed by atoms with Crippen molar-refractivity contribution in [2.24, 2.45) is 0 Å². The molecule has 1 nitrogen and oxygen atoms in total. The van der Waals surface area contributed by atoms with Crippen LogP contribution in [-0.4, -0.2) is 0 Å². The Morgan fingerprint density at radius 3 is 1.41 bits per heavy atom. The fourth-order valence-electron chi connectivity index (χ4n) is 7.34. The quantitative estimate of drug-likeness (QED) is 0.166. The van der Waals surface area contributed by atoms with E-state index in [2.05, 4.69) is 217 Å². The number of rotatable bonds is 7. The zero-order chi connectivity index (χ0) is 34.0. The maximum absolute atomic E-state index is 2.42. The van der Waals surface area contributed by atoms with E-state index in [1.165, 1.54) is 66.1 Å².